The molecule has 0 radical (unpaired) electrons. The molecule has 2 rings (SSSR count). The molecule has 1 aromatic rings. The van der Waals surface area contributed by atoms with Crippen LogP contribution in [0.2, 0.25) is 0 Å². The summed E-state index contributed by atoms with van der Waals surface area (Å²) < 4.78 is 16.4. The lowest BCUT2D eigenvalue weighted by molar-refractivity contribution is -0.0996. The lowest BCUT2D eigenvalue weighted by atomic mass is 10.1. The Kier molecular flexibility index (Phi) is 3.41. The molecule has 0 aromatic carbocycles. The van der Waals surface area contributed by atoms with Crippen LogP contribution in [0.4, 0.5) is 0 Å². The van der Waals surface area contributed by atoms with E-state index in [1.54, 1.807) is 0 Å². The van der Waals surface area contributed by atoms with Gasteiger partial charge >= 0.3 is 0 Å². The molecule has 1 aliphatic heterocycles. The second kappa shape index (κ2) is 4.79. The van der Waals surface area contributed by atoms with Crippen LogP contribution in [0.15, 0.2) is 16.5 Å². The first-order valence-corrected chi connectivity index (χ1v) is 5.34. The van der Waals surface area contributed by atoms with E-state index >= 15 is 0 Å². The molecule has 1 aliphatic rings. The first kappa shape index (κ1) is 10.7. The van der Waals surface area contributed by atoms with Crippen molar-refractivity contribution in [3.63, 3.8) is 0 Å². The highest BCUT2D eigenvalue weighted by Gasteiger charge is 2.25. The fourth-order valence-corrected chi connectivity index (χ4v) is 1.66. The third-order valence-corrected chi connectivity index (χ3v) is 2.60. The van der Waals surface area contributed by atoms with Gasteiger partial charge in [-0.15, -0.1) is 0 Å². The highest BCUT2D eigenvalue weighted by molar-refractivity contribution is 5.11. The molecule has 2 unspecified atom stereocenters. The van der Waals surface area contributed by atoms with Crippen LogP contribution in [0, 0.1) is 0 Å². The van der Waals surface area contributed by atoms with E-state index in [1.165, 1.54) is 0 Å². The molecule has 84 valence electrons. The Balaban J connectivity index is 2.02. The van der Waals surface area contributed by atoms with Crippen LogP contribution in [0.1, 0.15) is 24.5 Å². The first-order valence-electron chi connectivity index (χ1n) is 5.34. The lowest BCUT2D eigenvalue weighted by Gasteiger charge is -2.26. The van der Waals surface area contributed by atoms with E-state index in [0.717, 1.165) is 17.9 Å². The van der Waals surface area contributed by atoms with Gasteiger partial charge < -0.3 is 19.6 Å². The quantitative estimate of drug-likeness (QED) is 0.817. The van der Waals surface area contributed by atoms with E-state index in [2.05, 4.69) is 0 Å². The molecule has 0 spiro atoms. The predicted molar refractivity (Wildman–Crippen MR) is 55.6 cm³/mol. The summed E-state index contributed by atoms with van der Waals surface area (Å²) in [6, 6.07) is 3.64. The van der Waals surface area contributed by atoms with Crippen LogP contribution in [0.5, 0.6) is 0 Å². The molecule has 1 aromatic heterocycles. The second-order valence-corrected chi connectivity index (χ2v) is 3.67. The van der Waals surface area contributed by atoms with Crippen molar-refractivity contribution in [3.8, 4) is 0 Å². The van der Waals surface area contributed by atoms with Crippen LogP contribution in [0.3, 0.4) is 0 Å². The number of aryl methyl sites for hydroxylation is 1. The van der Waals surface area contributed by atoms with Crippen molar-refractivity contribution in [2.75, 3.05) is 19.8 Å². The van der Waals surface area contributed by atoms with Gasteiger partial charge in [0.2, 0.25) is 0 Å². The van der Waals surface area contributed by atoms with Crippen LogP contribution in [-0.4, -0.2) is 25.9 Å². The van der Waals surface area contributed by atoms with Gasteiger partial charge in [-0.3, -0.25) is 0 Å². The molecular weight excluding hydrogens is 194 g/mol. The Bertz CT molecular complexity index is 305. The summed E-state index contributed by atoms with van der Waals surface area (Å²) in [6.45, 7) is 3.86. The Morgan fingerprint density at radius 1 is 1.47 bits per heavy atom. The van der Waals surface area contributed by atoms with Crippen molar-refractivity contribution in [2.45, 2.75) is 25.5 Å². The van der Waals surface area contributed by atoms with Crippen LogP contribution < -0.4 is 5.73 Å². The minimum Gasteiger partial charge on any atom is -0.464 e. The molecule has 2 atom stereocenters. The summed E-state index contributed by atoms with van der Waals surface area (Å²) in [4.78, 5) is 0. The molecule has 0 saturated carbocycles. The van der Waals surface area contributed by atoms with Crippen molar-refractivity contribution in [1.29, 1.82) is 0 Å². The number of nitrogens with two attached hydrogens (primary N) is 1. The highest BCUT2D eigenvalue weighted by atomic mass is 16.6. The summed E-state index contributed by atoms with van der Waals surface area (Å²) >= 11 is 0. The molecule has 2 heterocycles. The Labute approximate surface area is 89.3 Å². The molecule has 4 nitrogen and oxygen atoms in total. The fourth-order valence-electron chi connectivity index (χ4n) is 1.66. The van der Waals surface area contributed by atoms with Gasteiger partial charge in [0.1, 0.15) is 17.6 Å². The standard InChI is InChI=1S/C11H17NO3/c1-2-8-3-4-9(15-8)11(12)10-7-13-5-6-14-10/h3-4,10-11H,2,5-7,12H2,1H3. The van der Waals surface area contributed by atoms with Gasteiger partial charge in [0.05, 0.1) is 25.9 Å². The molecule has 2 N–H and O–H groups in total. The highest BCUT2D eigenvalue weighted by Crippen LogP contribution is 2.21. The topological polar surface area (TPSA) is 57.6 Å². The summed E-state index contributed by atoms with van der Waals surface area (Å²) in [7, 11) is 0. The van der Waals surface area contributed by atoms with Gasteiger partial charge in [-0.1, -0.05) is 6.92 Å². The molecule has 0 bridgehead atoms. The maximum Gasteiger partial charge on any atom is 0.123 e. The number of hydrogen-bond acceptors (Lipinski definition) is 4. The molecule has 1 fully saturated rings. The number of hydrogen-bond donors (Lipinski definition) is 1. The van der Waals surface area contributed by atoms with Crippen LogP contribution in [-0.2, 0) is 15.9 Å². The fraction of sp³-hybridized carbons (Fsp3) is 0.636. The summed E-state index contributed by atoms with van der Waals surface area (Å²) in [5, 5.41) is 0. The van der Waals surface area contributed by atoms with Crippen LogP contribution >= 0.6 is 0 Å². The van der Waals surface area contributed by atoms with Crippen molar-refractivity contribution in [3.05, 3.63) is 23.7 Å². The normalized spacial score (nSPS) is 24.0. The zero-order chi connectivity index (χ0) is 10.7. The number of ether oxygens (including phenoxy) is 2. The third kappa shape index (κ3) is 2.40. The second-order valence-electron chi connectivity index (χ2n) is 3.67. The summed E-state index contributed by atoms with van der Waals surface area (Å²) in [5.41, 5.74) is 6.04. The zero-order valence-electron chi connectivity index (χ0n) is 8.94. The van der Waals surface area contributed by atoms with Crippen molar-refractivity contribution in [2.24, 2.45) is 5.73 Å². The molecular formula is C11H17NO3. The first-order chi connectivity index (χ1) is 7.31. The van der Waals surface area contributed by atoms with Crippen molar-refractivity contribution in [1.82, 2.24) is 0 Å². The van der Waals surface area contributed by atoms with E-state index < -0.39 is 0 Å². The number of furan rings is 1. The van der Waals surface area contributed by atoms with E-state index in [1.807, 2.05) is 19.1 Å². The summed E-state index contributed by atoms with van der Waals surface area (Å²) in [5.74, 6) is 1.74. The average molecular weight is 211 g/mol. The van der Waals surface area contributed by atoms with Gasteiger partial charge in [-0.05, 0) is 12.1 Å². The van der Waals surface area contributed by atoms with Gasteiger partial charge in [-0.25, -0.2) is 0 Å². The van der Waals surface area contributed by atoms with Gasteiger partial charge in [0, 0.05) is 6.42 Å². The minimum atomic E-state index is -0.231. The molecule has 15 heavy (non-hydrogen) atoms. The van der Waals surface area contributed by atoms with Crippen molar-refractivity contribution >= 4 is 0 Å². The Hall–Kier alpha value is -0.840. The molecule has 0 amide bonds. The SMILES string of the molecule is CCc1ccc(C(N)C2COCCO2)o1. The van der Waals surface area contributed by atoms with E-state index in [9.17, 15) is 0 Å². The van der Waals surface area contributed by atoms with E-state index in [-0.39, 0.29) is 12.1 Å². The summed E-state index contributed by atoms with van der Waals surface area (Å²) in [6.07, 6.45) is 0.795. The maximum atomic E-state index is 6.04. The Morgan fingerprint density at radius 3 is 2.93 bits per heavy atom. The largest absolute Gasteiger partial charge is 0.464 e. The zero-order valence-corrected chi connectivity index (χ0v) is 8.94. The number of rotatable bonds is 3. The minimum absolute atomic E-state index is 0.0883. The molecule has 0 aliphatic carbocycles. The third-order valence-electron chi connectivity index (χ3n) is 2.60. The van der Waals surface area contributed by atoms with Gasteiger partial charge in [-0.2, -0.15) is 0 Å². The maximum absolute atomic E-state index is 6.04. The Morgan fingerprint density at radius 2 is 2.33 bits per heavy atom. The van der Waals surface area contributed by atoms with E-state index in [4.69, 9.17) is 19.6 Å². The van der Waals surface area contributed by atoms with Crippen LogP contribution in [0.25, 0.3) is 0 Å². The predicted octanol–water partition coefficient (Wildman–Crippen LogP) is 1.26. The van der Waals surface area contributed by atoms with E-state index in [0.29, 0.717) is 19.8 Å². The average Bonchev–Trinajstić information content (AvgIpc) is 2.78. The van der Waals surface area contributed by atoms with Crippen molar-refractivity contribution < 1.29 is 13.9 Å². The monoisotopic (exact) mass is 211 g/mol. The lowest BCUT2D eigenvalue weighted by Crippen LogP contribution is -2.37. The van der Waals surface area contributed by atoms with Gasteiger partial charge in [0.25, 0.3) is 0 Å². The smallest absolute Gasteiger partial charge is 0.123 e. The molecule has 1 saturated heterocycles. The van der Waals surface area contributed by atoms with Gasteiger partial charge in [0.15, 0.2) is 0 Å². The molecule has 4 heteroatoms.